The highest BCUT2D eigenvalue weighted by Gasteiger charge is 2.46. The Kier molecular flexibility index (Phi) is 5.10. The number of hydrogen-bond donors (Lipinski definition) is 0. The van der Waals surface area contributed by atoms with E-state index in [9.17, 15) is 9.59 Å². The van der Waals surface area contributed by atoms with E-state index in [-0.39, 0.29) is 24.5 Å². The van der Waals surface area contributed by atoms with Crippen LogP contribution in [0.3, 0.4) is 0 Å². The first kappa shape index (κ1) is 18.2. The third-order valence-corrected chi connectivity index (χ3v) is 5.34. The van der Waals surface area contributed by atoms with Gasteiger partial charge in [0.1, 0.15) is 5.69 Å². The maximum absolute atomic E-state index is 12.5. The summed E-state index contributed by atoms with van der Waals surface area (Å²) in [5, 5.41) is 0. The van der Waals surface area contributed by atoms with E-state index in [0.717, 1.165) is 6.42 Å². The van der Waals surface area contributed by atoms with Crippen LogP contribution in [0, 0.1) is 5.92 Å². The van der Waals surface area contributed by atoms with E-state index in [4.69, 9.17) is 9.47 Å². The summed E-state index contributed by atoms with van der Waals surface area (Å²) in [6.07, 6.45) is 5.32. The molecule has 0 unspecified atom stereocenters. The molecule has 2 amide bonds. The molecule has 2 saturated heterocycles. The summed E-state index contributed by atoms with van der Waals surface area (Å²) in [7, 11) is 1.57. The second kappa shape index (κ2) is 7.84. The van der Waals surface area contributed by atoms with Gasteiger partial charge in [-0.25, -0.2) is 4.98 Å². The predicted molar refractivity (Wildman–Crippen MR) is 100 cm³/mol. The van der Waals surface area contributed by atoms with E-state index in [2.05, 4.69) is 9.97 Å². The van der Waals surface area contributed by atoms with Crippen molar-refractivity contribution in [2.45, 2.75) is 12.5 Å². The summed E-state index contributed by atoms with van der Waals surface area (Å²) < 4.78 is 10.9. The highest BCUT2D eigenvalue weighted by atomic mass is 16.5. The molecule has 4 rings (SSSR count). The fraction of sp³-hybridized carbons (Fsp3) is 0.400. The predicted octanol–water partition coefficient (Wildman–Crippen LogP) is 1.24. The number of piperidine rings is 1. The number of aromatic nitrogens is 2. The molecule has 2 aliphatic rings. The Bertz CT molecular complexity index is 860. The number of ether oxygens (including phenoxy) is 2. The molecule has 0 saturated carbocycles. The molecule has 0 spiro atoms. The molecule has 0 N–H and O–H groups in total. The van der Waals surface area contributed by atoms with Gasteiger partial charge in [0.15, 0.2) is 18.1 Å². The second-order valence-corrected chi connectivity index (χ2v) is 6.94. The lowest BCUT2D eigenvalue weighted by molar-refractivity contribution is -0.138. The summed E-state index contributed by atoms with van der Waals surface area (Å²) in [5.41, 5.74) is 0.365. The summed E-state index contributed by atoms with van der Waals surface area (Å²) >= 11 is 0. The van der Waals surface area contributed by atoms with Crippen molar-refractivity contribution in [3.05, 3.63) is 48.5 Å². The molecular weight excluding hydrogens is 360 g/mol. The SMILES string of the molecule is COc1ccccc1OCC(=O)N1CC[C@H]2[C@@H](C1)CN2C(=O)c1cnccn1. The quantitative estimate of drug-likeness (QED) is 0.774. The zero-order valence-electron chi connectivity index (χ0n) is 15.7. The van der Waals surface area contributed by atoms with Gasteiger partial charge in [0.2, 0.25) is 0 Å². The number of nitrogens with zero attached hydrogens (tertiary/aromatic N) is 4. The van der Waals surface area contributed by atoms with Crippen molar-refractivity contribution in [2.24, 2.45) is 5.92 Å². The zero-order chi connectivity index (χ0) is 19.5. The molecular formula is C20H22N4O4. The molecule has 0 aliphatic carbocycles. The molecule has 2 aliphatic heterocycles. The van der Waals surface area contributed by atoms with Crippen LogP contribution < -0.4 is 9.47 Å². The van der Waals surface area contributed by atoms with Crippen LogP contribution in [0.5, 0.6) is 11.5 Å². The number of fused-ring (bicyclic) bond motifs is 1. The number of para-hydroxylation sites is 2. The van der Waals surface area contributed by atoms with Crippen LogP contribution in [0.25, 0.3) is 0 Å². The third-order valence-electron chi connectivity index (χ3n) is 5.34. The Hall–Kier alpha value is -3.16. The average molecular weight is 382 g/mol. The molecule has 1 aromatic heterocycles. The molecule has 2 fully saturated rings. The monoisotopic (exact) mass is 382 g/mol. The zero-order valence-corrected chi connectivity index (χ0v) is 15.7. The van der Waals surface area contributed by atoms with Gasteiger partial charge in [0, 0.05) is 44.0 Å². The molecule has 146 valence electrons. The molecule has 1 aromatic carbocycles. The number of likely N-dealkylation sites (tertiary alicyclic amines) is 2. The van der Waals surface area contributed by atoms with Crippen molar-refractivity contribution in [3.8, 4) is 11.5 Å². The standard InChI is InChI=1S/C20H22N4O4/c1-27-17-4-2-3-5-18(17)28-13-19(25)23-9-6-16-14(11-23)12-24(16)20(26)15-10-21-7-8-22-15/h2-5,7-8,10,14,16H,6,9,11-13H2,1H3/t14-,16-/m0/s1. The van der Waals surface area contributed by atoms with Gasteiger partial charge >= 0.3 is 0 Å². The molecule has 3 heterocycles. The summed E-state index contributed by atoms with van der Waals surface area (Å²) in [5.74, 6) is 1.31. The lowest BCUT2D eigenvalue weighted by Gasteiger charge is -2.53. The first-order chi connectivity index (χ1) is 13.7. The summed E-state index contributed by atoms with van der Waals surface area (Å²) in [4.78, 5) is 36.8. The van der Waals surface area contributed by atoms with Gasteiger partial charge in [-0.3, -0.25) is 14.6 Å². The van der Waals surface area contributed by atoms with Crippen molar-refractivity contribution in [3.63, 3.8) is 0 Å². The normalized spacial score (nSPS) is 20.8. The van der Waals surface area contributed by atoms with Crippen LogP contribution in [0.1, 0.15) is 16.9 Å². The fourth-order valence-corrected chi connectivity index (χ4v) is 3.85. The van der Waals surface area contributed by atoms with Crippen molar-refractivity contribution >= 4 is 11.8 Å². The number of carbonyl (C=O) groups excluding carboxylic acids is 2. The maximum Gasteiger partial charge on any atom is 0.274 e. The molecule has 28 heavy (non-hydrogen) atoms. The summed E-state index contributed by atoms with van der Waals surface area (Å²) in [6, 6.07) is 7.42. The van der Waals surface area contributed by atoms with E-state index in [1.165, 1.54) is 12.4 Å². The lowest BCUT2D eigenvalue weighted by atomic mass is 9.82. The summed E-state index contributed by atoms with van der Waals surface area (Å²) in [6.45, 7) is 1.86. The Morgan fingerprint density at radius 2 is 2.00 bits per heavy atom. The van der Waals surface area contributed by atoms with Crippen molar-refractivity contribution in [2.75, 3.05) is 33.4 Å². The van der Waals surface area contributed by atoms with Crippen molar-refractivity contribution in [1.29, 1.82) is 0 Å². The molecule has 2 aromatic rings. The maximum atomic E-state index is 12.5. The highest BCUT2D eigenvalue weighted by Crippen LogP contribution is 2.33. The Morgan fingerprint density at radius 3 is 2.71 bits per heavy atom. The molecule has 0 bridgehead atoms. The van der Waals surface area contributed by atoms with Crippen LogP contribution in [0.2, 0.25) is 0 Å². The van der Waals surface area contributed by atoms with Gasteiger partial charge < -0.3 is 19.3 Å². The second-order valence-electron chi connectivity index (χ2n) is 6.94. The highest BCUT2D eigenvalue weighted by molar-refractivity contribution is 5.92. The molecule has 0 radical (unpaired) electrons. The van der Waals surface area contributed by atoms with Gasteiger partial charge in [-0.05, 0) is 18.6 Å². The first-order valence-electron chi connectivity index (χ1n) is 9.28. The molecule has 8 heteroatoms. The topological polar surface area (TPSA) is 84.9 Å². The van der Waals surface area contributed by atoms with E-state index < -0.39 is 0 Å². The van der Waals surface area contributed by atoms with E-state index in [1.807, 2.05) is 21.9 Å². The average Bonchev–Trinajstić information content (AvgIpc) is 2.73. The number of amides is 2. The van der Waals surface area contributed by atoms with Crippen molar-refractivity contribution in [1.82, 2.24) is 19.8 Å². The van der Waals surface area contributed by atoms with Gasteiger partial charge in [-0.2, -0.15) is 0 Å². The van der Waals surface area contributed by atoms with Crippen LogP contribution in [-0.4, -0.2) is 71.0 Å². The lowest BCUT2D eigenvalue weighted by Crippen LogP contribution is -2.65. The molecule has 8 nitrogen and oxygen atoms in total. The van der Waals surface area contributed by atoms with Crippen LogP contribution in [0.15, 0.2) is 42.9 Å². The molecule has 2 atom stereocenters. The fourth-order valence-electron chi connectivity index (χ4n) is 3.85. The van der Waals surface area contributed by atoms with Crippen LogP contribution >= 0.6 is 0 Å². The van der Waals surface area contributed by atoms with Gasteiger partial charge in [-0.15, -0.1) is 0 Å². The smallest absolute Gasteiger partial charge is 0.274 e. The van der Waals surface area contributed by atoms with E-state index in [1.54, 1.807) is 25.4 Å². The first-order valence-corrected chi connectivity index (χ1v) is 9.28. The number of carbonyl (C=O) groups is 2. The number of benzene rings is 1. The van der Waals surface area contributed by atoms with E-state index in [0.29, 0.717) is 42.7 Å². The number of rotatable bonds is 5. The van der Waals surface area contributed by atoms with Crippen LogP contribution in [-0.2, 0) is 4.79 Å². The van der Waals surface area contributed by atoms with Gasteiger partial charge in [-0.1, -0.05) is 12.1 Å². The number of hydrogen-bond acceptors (Lipinski definition) is 6. The van der Waals surface area contributed by atoms with Crippen molar-refractivity contribution < 1.29 is 19.1 Å². The van der Waals surface area contributed by atoms with Gasteiger partial charge in [0.05, 0.1) is 13.3 Å². The third kappa shape index (κ3) is 3.49. The van der Waals surface area contributed by atoms with Gasteiger partial charge in [0.25, 0.3) is 11.8 Å². The Labute approximate surface area is 163 Å². The van der Waals surface area contributed by atoms with E-state index >= 15 is 0 Å². The minimum atomic E-state index is -0.0892. The largest absolute Gasteiger partial charge is 0.493 e. The Balaban J connectivity index is 1.29. The minimum absolute atomic E-state index is 0.0278. The van der Waals surface area contributed by atoms with Crippen LogP contribution in [0.4, 0.5) is 0 Å². The minimum Gasteiger partial charge on any atom is -0.493 e. The Morgan fingerprint density at radius 1 is 1.18 bits per heavy atom. The number of methoxy groups -OCH3 is 1.